The fraction of sp³-hybridized carbons (Fsp3) is 0.289. The molecule has 0 saturated carbocycles. The van der Waals surface area contributed by atoms with Crippen LogP contribution in [-0.2, 0) is 26.7 Å². The van der Waals surface area contributed by atoms with Crippen molar-refractivity contribution in [2.75, 3.05) is 11.5 Å². The number of nitrogens with zero attached hydrogens (tertiary/aromatic N) is 1. The number of halogens is 1. The predicted octanol–water partition coefficient (Wildman–Crippen LogP) is 7.80. The van der Waals surface area contributed by atoms with Gasteiger partial charge in [-0.15, -0.1) is 0 Å². The number of amides is 1. The Morgan fingerprint density at radius 1 is 1.00 bits per heavy atom. The SMILES string of the molecule is Cc1cc(F)cc(C)c1Oc1ccc(C(C)(C)OC(=O)CCP(=O)(O)O)cc1-c1cn(C)c(=O)c2[nH]c(C(=O)Nc3ccc(C(C)C)cc3)cc12. The Morgan fingerprint density at radius 3 is 2.25 bits per heavy atom. The number of nitrogens with one attached hydrogen (secondary N) is 2. The number of aryl methyl sites for hydroxylation is 3. The van der Waals surface area contributed by atoms with Gasteiger partial charge in [-0.25, -0.2) is 4.39 Å². The van der Waals surface area contributed by atoms with Crippen molar-refractivity contribution < 1.29 is 37.8 Å². The number of anilines is 1. The molecule has 0 fully saturated rings. The second-order valence-electron chi connectivity index (χ2n) is 13.5. The molecular formula is C38H41FN3O8P. The summed E-state index contributed by atoms with van der Waals surface area (Å²) in [6.07, 6.45) is 0.474. The molecule has 1 amide bonds. The van der Waals surface area contributed by atoms with Crippen molar-refractivity contribution in [1.29, 1.82) is 0 Å². The molecule has 268 valence electrons. The van der Waals surface area contributed by atoms with Gasteiger partial charge in [0.2, 0.25) is 0 Å². The normalized spacial score (nSPS) is 12.0. The standard InChI is InChI=1S/C38H41FN3O8P/c1-21(2)24-8-11-27(12-9-24)40-36(44)31-19-29-30(20-42(7)37(45)34(29)41-31)28-18-25(38(5,6)50-33(43)14-15-51(46,47)48)10-13-32(28)49-35-22(3)16-26(39)17-23(35)4/h8-13,16-21,41H,14-15H2,1-7H3,(H,40,44)(H2,46,47,48). The number of carbonyl (C=O) groups is 2. The number of carbonyl (C=O) groups excluding carboxylic acids is 2. The molecular weight excluding hydrogens is 676 g/mol. The average molecular weight is 718 g/mol. The third-order valence-corrected chi connectivity index (χ3v) is 9.43. The summed E-state index contributed by atoms with van der Waals surface area (Å²) in [6.45, 7) is 10.9. The maximum Gasteiger partial charge on any atom is 0.326 e. The van der Waals surface area contributed by atoms with E-state index in [-0.39, 0.29) is 16.8 Å². The van der Waals surface area contributed by atoms with Crippen LogP contribution in [0, 0.1) is 19.7 Å². The van der Waals surface area contributed by atoms with Crippen LogP contribution in [0.2, 0.25) is 0 Å². The minimum absolute atomic E-state index is 0.144. The Labute approximate surface area is 294 Å². The van der Waals surface area contributed by atoms with E-state index >= 15 is 0 Å². The van der Waals surface area contributed by atoms with Crippen LogP contribution in [-0.4, -0.2) is 37.4 Å². The van der Waals surface area contributed by atoms with Crippen molar-refractivity contribution >= 4 is 36.1 Å². The smallest absolute Gasteiger partial charge is 0.326 e. The van der Waals surface area contributed by atoms with Crippen LogP contribution < -0.4 is 15.6 Å². The molecule has 0 aliphatic carbocycles. The van der Waals surface area contributed by atoms with Gasteiger partial charge in [0.05, 0.1) is 12.6 Å². The van der Waals surface area contributed by atoms with Crippen LogP contribution in [0.25, 0.3) is 22.0 Å². The van der Waals surface area contributed by atoms with E-state index in [4.69, 9.17) is 9.47 Å². The summed E-state index contributed by atoms with van der Waals surface area (Å²) >= 11 is 0. The van der Waals surface area contributed by atoms with Crippen molar-refractivity contribution in [3.05, 3.63) is 111 Å². The van der Waals surface area contributed by atoms with Crippen molar-refractivity contribution in [2.45, 2.75) is 59.5 Å². The molecule has 0 bridgehead atoms. The number of pyridine rings is 1. The lowest BCUT2D eigenvalue weighted by Gasteiger charge is -2.27. The molecule has 2 heterocycles. The summed E-state index contributed by atoms with van der Waals surface area (Å²) in [7, 11) is -2.84. The summed E-state index contributed by atoms with van der Waals surface area (Å²) in [4.78, 5) is 61.0. The lowest BCUT2D eigenvalue weighted by Crippen LogP contribution is -2.26. The molecule has 0 spiro atoms. The summed E-state index contributed by atoms with van der Waals surface area (Å²) < 4.78 is 39.1. The van der Waals surface area contributed by atoms with Crippen LogP contribution in [0.1, 0.15) is 72.8 Å². The van der Waals surface area contributed by atoms with Crippen LogP contribution in [0.5, 0.6) is 11.5 Å². The van der Waals surface area contributed by atoms with Gasteiger partial charge in [0.25, 0.3) is 11.5 Å². The lowest BCUT2D eigenvalue weighted by molar-refractivity contribution is -0.157. The molecule has 0 radical (unpaired) electrons. The number of fused-ring (bicyclic) bond motifs is 1. The highest BCUT2D eigenvalue weighted by Crippen LogP contribution is 2.42. The van der Waals surface area contributed by atoms with E-state index in [9.17, 15) is 33.1 Å². The van der Waals surface area contributed by atoms with E-state index in [1.54, 1.807) is 65.2 Å². The highest BCUT2D eigenvalue weighted by atomic mass is 31.2. The quantitative estimate of drug-likeness (QED) is 0.0796. The number of benzene rings is 3. The van der Waals surface area contributed by atoms with Crippen LogP contribution >= 0.6 is 7.60 Å². The van der Waals surface area contributed by atoms with E-state index in [0.29, 0.717) is 56.3 Å². The molecule has 0 saturated heterocycles. The molecule has 0 atom stereocenters. The summed E-state index contributed by atoms with van der Waals surface area (Å²) in [5.74, 6) is -0.587. The summed E-state index contributed by atoms with van der Waals surface area (Å²) in [5.41, 5.74) is 2.94. The Kier molecular flexibility index (Phi) is 10.4. The molecule has 4 N–H and O–H groups in total. The van der Waals surface area contributed by atoms with Gasteiger partial charge >= 0.3 is 13.6 Å². The van der Waals surface area contributed by atoms with Gasteiger partial charge in [0, 0.05) is 35.4 Å². The zero-order valence-corrected chi connectivity index (χ0v) is 30.4. The lowest BCUT2D eigenvalue weighted by atomic mass is 9.92. The van der Waals surface area contributed by atoms with Crippen molar-refractivity contribution in [2.24, 2.45) is 7.05 Å². The molecule has 2 aromatic heterocycles. The number of ether oxygens (including phenoxy) is 2. The number of aromatic nitrogens is 2. The zero-order valence-electron chi connectivity index (χ0n) is 29.5. The minimum atomic E-state index is -4.42. The van der Waals surface area contributed by atoms with E-state index in [0.717, 1.165) is 5.56 Å². The summed E-state index contributed by atoms with van der Waals surface area (Å²) in [6, 6.07) is 16.9. The minimum Gasteiger partial charge on any atom is -0.456 e. The summed E-state index contributed by atoms with van der Waals surface area (Å²) in [5, 5.41) is 3.30. The molecule has 51 heavy (non-hydrogen) atoms. The predicted molar refractivity (Wildman–Crippen MR) is 194 cm³/mol. The Morgan fingerprint density at radius 2 is 1.65 bits per heavy atom. The van der Waals surface area contributed by atoms with E-state index < -0.39 is 43.5 Å². The van der Waals surface area contributed by atoms with Crippen molar-refractivity contribution in [3.63, 3.8) is 0 Å². The molecule has 11 nitrogen and oxygen atoms in total. The van der Waals surface area contributed by atoms with Crippen molar-refractivity contribution in [1.82, 2.24) is 9.55 Å². The van der Waals surface area contributed by atoms with Gasteiger partial charge in [0.15, 0.2) is 0 Å². The van der Waals surface area contributed by atoms with E-state index in [2.05, 4.69) is 24.1 Å². The first-order valence-corrected chi connectivity index (χ1v) is 18.1. The highest BCUT2D eigenvalue weighted by molar-refractivity contribution is 7.51. The third kappa shape index (κ3) is 8.48. The van der Waals surface area contributed by atoms with Crippen molar-refractivity contribution in [3.8, 4) is 22.6 Å². The number of hydrogen-bond donors (Lipinski definition) is 4. The largest absolute Gasteiger partial charge is 0.456 e. The second-order valence-corrected chi connectivity index (χ2v) is 15.2. The van der Waals surface area contributed by atoms with Crippen LogP contribution in [0.15, 0.2) is 71.7 Å². The molecule has 3 aromatic carbocycles. The maximum absolute atomic E-state index is 14.2. The topological polar surface area (TPSA) is 160 Å². The molecule has 5 rings (SSSR count). The molecule has 13 heteroatoms. The number of H-pyrrole nitrogens is 1. The van der Waals surface area contributed by atoms with Gasteiger partial charge < -0.3 is 34.1 Å². The first kappa shape index (κ1) is 37.2. The third-order valence-electron chi connectivity index (χ3n) is 8.62. The average Bonchev–Trinajstić information content (AvgIpc) is 3.49. The second kappa shape index (κ2) is 14.3. The van der Waals surface area contributed by atoms with Gasteiger partial charge in [-0.2, -0.15) is 0 Å². The maximum atomic E-state index is 14.2. The number of hydrogen-bond acceptors (Lipinski definition) is 6. The first-order chi connectivity index (χ1) is 23.8. The first-order valence-electron chi connectivity index (χ1n) is 16.3. The van der Waals surface area contributed by atoms with Gasteiger partial charge in [-0.1, -0.05) is 32.0 Å². The Bertz CT molecular complexity index is 2230. The van der Waals surface area contributed by atoms with Gasteiger partial charge in [0.1, 0.15) is 34.1 Å². The van der Waals surface area contributed by atoms with Gasteiger partial charge in [-0.3, -0.25) is 18.9 Å². The molecule has 5 aromatic rings. The van der Waals surface area contributed by atoms with Gasteiger partial charge in [-0.05, 0) is 98.3 Å². The Balaban J connectivity index is 1.62. The van der Waals surface area contributed by atoms with E-state index in [1.807, 2.05) is 24.3 Å². The fourth-order valence-electron chi connectivity index (χ4n) is 5.82. The molecule has 0 unspecified atom stereocenters. The van der Waals surface area contributed by atoms with Crippen LogP contribution in [0.3, 0.4) is 0 Å². The highest BCUT2D eigenvalue weighted by Gasteiger charge is 2.29. The Hall–Kier alpha value is -5.03. The number of rotatable bonds is 11. The number of esters is 1. The van der Waals surface area contributed by atoms with Crippen LogP contribution in [0.4, 0.5) is 10.1 Å². The monoisotopic (exact) mass is 717 g/mol. The fourth-order valence-corrected chi connectivity index (χ4v) is 6.30. The molecule has 0 aliphatic heterocycles. The molecule has 0 aliphatic rings. The van der Waals surface area contributed by atoms with E-state index in [1.165, 1.54) is 16.7 Å². The zero-order chi connectivity index (χ0) is 37.4. The number of aromatic amines is 1.